The second-order valence-corrected chi connectivity index (χ2v) is 6.50. The van der Waals surface area contributed by atoms with E-state index >= 15 is 0 Å². The number of aryl methyl sites for hydroxylation is 1. The van der Waals surface area contributed by atoms with Crippen molar-refractivity contribution < 1.29 is 4.79 Å². The standard InChI is InChI=1S/C22H19NO/c1-16-10-12-17(13-11-16)19-20(18-8-4-3-5-9-18)23-15-7-6-14-22(23,2)21(19)24/h3-15H,1-2H3. The molecule has 0 N–H and O–H groups in total. The minimum absolute atomic E-state index is 0.144. The first-order valence-corrected chi connectivity index (χ1v) is 8.18. The van der Waals surface area contributed by atoms with Gasteiger partial charge < -0.3 is 4.90 Å². The van der Waals surface area contributed by atoms with E-state index in [2.05, 4.69) is 36.1 Å². The van der Waals surface area contributed by atoms with Crippen molar-refractivity contribution >= 4 is 17.1 Å². The quantitative estimate of drug-likeness (QED) is 0.808. The van der Waals surface area contributed by atoms with Crippen molar-refractivity contribution in [2.45, 2.75) is 19.4 Å². The lowest BCUT2D eigenvalue weighted by Crippen LogP contribution is -2.43. The van der Waals surface area contributed by atoms with Gasteiger partial charge in [0.15, 0.2) is 5.78 Å². The van der Waals surface area contributed by atoms with Crippen LogP contribution in [0, 0.1) is 6.92 Å². The van der Waals surface area contributed by atoms with E-state index < -0.39 is 5.54 Å². The van der Waals surface area contributed by atoms with E-state index in [-0.39, 0.29) is 5.78 Å². The molecule has 2 aliphatic heterocycles. The SMILES string of the molecule is Cc1ccc(C2=C(c3ccccc3)N3C=CC=CC3(C)C2=O)cc1. The van der Waals surface area contributed by atoms with Gasteiger partial charge in [-0.25, -0.2) is 0 Å². The number of hydrogen-bond donors (Lipinski definition) is 0. The molecule has 0 bridgehead atoms. The Morgan fingerprint density at radius 2 is 1.58 bits per heavy atom. The molecule has 2 nitrogen and oxygen atoms in total. The number of Topliss-reactive ketones (excluding diaryl/α,β-unsaturated/α-hetero) is 1. The molecule has 0 aliphatic carbocycles. The highest BCUT2D eigenvalue weighted by Crippen LogP contribution is 2.45. The van der Waals surface area contributed by atoms with Gasteiger partial charge in [-0.3, -0.25) is 4.79 Å². The highest BCUT2D eigenvalue weighted by Gasteiger charge is 2.48. The van der Waals surface area contributed by atoms with E-state index in [0.717, 1.165) is 22.4 Å². The summed E-state index contributed by atoms with van der Waals surface area (Å²) in [5.41, 5.74) is 4.34. The van der Waals surface area contributed by atoms with Crippen LogP contribution in [0.2, 0.25) is 0 Å². The van der Waals surface area contributed by atoms with E-state index in [1.54, 1.807) is 0 Å². The molecular weight excluding hydrogens is 294 g/mol. The normalized spacial score (nSPS) is 22.2. The molecule has 118 valence electrons. The fourth-order valence-electron chi connectivity index (χ4n) is 3.45. The third-order valence-electron chi connectivity index (χ3n) is 4.82. The molecule has 0 saturated heterocycles. The van der Waals surface area contributed by atoms with Gasteiger partial charge >= 0.3 is 0 Å². The Morgan fingerprint density at radius 3 is 2.29 bits per heavy atom. The lowest BCUT2D eigenvalue weighted by Gasteiger charge is -2.34. The third kappa shape index (κ3) is 2.07. The zero-order chi connectivity index (χ0) is 16.7. The summed E-state index contributed by atoms with van der Waals surface area (Å²) in [5.74, 6) is 0.144. The molecule has 2 heterocycles. The van der Waals surface area contributed by atoms with Gasteiger partial charge in [0.25, 0.3) is 0 Å². The van der Waals surface area contributed by atoms with Gasteiger partial charge in [0.2, 0.25) is 0 Å². The fourth-order valence-corrected chi connectivity index (χ4v) is 3.45. The van der Waals surface area contributed by atoms with Crippen molar-refractivity contribution in [3.63, 3.8) is 0 Å². The molecule has 2 aromatic rings. The molecule has 1 atom stereocenters. The van der Waals surface area contributed by atoms with Gasteiger partial charge in [-0.1, -0.05) is 72.3 Å². The number of carbonyl (C=O) groups is 1. The minimum atomic E-state index is -0.653. The molecule has 4 rings (SSSR count). The minimum Gasteiger partial charge on any atom is -0.330 e. The Hall–Kier alpha value is -2.87. The first-order chi connectivity index (χ1) is 11.6. The third-order valence-corrected chi connectivity index (χ3v) is 4.82. The van der Waals surface area contributed by atoms with Crippen molar-refractivity contribution in [3.8, 4) is 0 Å². The van der Waals surface area contributed by atoms with Crippen molar-refractivity contribution in [1.82, 2.24) is 4.90 Å². The molecule has 0 saturated carbocycles. The number of nitrogens with zero attached hydrogens (tertiary/aromatic N) is 1. The molecule has 24 heavy (non-hydrogen) atoms. The summed E-state index contributed by atoms with van der Waals surface area (Å²) in [6.45, 7) is 4.04. The van der Waals surface area contributed by atoms with E-state index in [0.29, 0.717) is 0 Å². The van der Waals surface area contributed by atoms with Gasteiger partial charge in [0.05, 0.1) is 11.3 Å². The van der Waals surface area contributed by atoms with Gasteiger partial charge in [0, 0.05) is 6.20 Å². The number of allylic oxidation sites excluding steroid dienone is 2. The number of fused-ring (bicyclic) bond motifs is 1. The molecular formula is C22H19NO. The zero-order valence-electron chi connectivity index (χ0n) is 13.9. The Balaban J connectivity index is 1.99. The van der Waals surface area contributed by atoms with Crippen LogP contribution in [0.25, 0.3) is 11.3 Å². The molecule has 2 heteroatoms. The second-order valence-electron chi connectivity index (χ2n) is 6.50. The summed E-state index contributed by atoms with van der Waals surface area (Å²) in [7, 11) is 0. The molecule has 2 aliphatic rings. The van der Waals surface area contributed by atoms with Crippen LogP contribution in [-0.4, -0.2) is 16.2 Å². The summed E-state index contributed by atoms with van der Waals surface area (Å²) in [4.78, 5) is 15.4. The highest BCUT2D eigenvalue weighted by atomic mass is 16.1. The van der Waals surface area contributed by atoms with Crippen molar-refractivity contribution in [3.05, 3.63) is 95.7 Å². The maximum Gasteiger partial charge on any atom is 0.195 e. The number of ketones is 1. The van der Waals surface area contributed by atoms with Crippen molar-refractivity contribution in [2.75, 3.05) is 0 Å². The van der Waals surface area contributed by atoms with Crippen molar-refractivity contribution in [2.24, 2.45) is 0 Å². The maximum atomic E-state index is 13.3. The summed E-state index contributed by atoms with van der Waals surface area (Å²) in [6.07, 6.45) is 7.92. The van der Waals surface area contributed by atoms with Gasteiger partial charge in [-0.2, -0.15) is 0 Å². The molecule has 0 spiro atoms. The van der Waals surface area contributed by atoms with Gasteiger partial charge in [-0.05, 0) is 31.1 Å². The van der Waals surface area contributed by atoms with Gasteiger partial charge in [0.1, 0.15) is 5.54 Å². The number of carbonyl (C=O) groups excluding carboxylic acids is 1. The lowest BCUT2D eigenvalue weighted by atomic mass is 9.89. The van der Waals surface area contributed by atoms with Crippen LogP contribution in [0.4, 0.5) is 0 Å². The summed E-state index contributed by atoms with van der Waals surface area (Å²) < 4.78 is 0. The molecule has 0 amide bonds. The first kappa shape index (κ1) is 14.7. The van der Waals surface area contributed by atoms with Crippen LogP contribution in [-0.2, 0) is 4.79 Å². The molecule has 0 aromatic heterocycles. The summed E-state index contributed by atoms with van der Waals surface area (Å²) in [5, 5.41) is 0. The lowest BCUT2D eigenvalue weighted by molar-refractivity contribution is -0.118. The molecule has 1 unspecified atom stereocenters. The number of benzene rings is 2. The van der Waals surface area contributed by atoms with Crippen LogP contribution < -0.4 is 0 Å². The Kier molecular flexibility index (Phi) is 3.27. The Labute approximate surface area is 142 Å². The number of rotatable bonds is 2. The summed E-state index contributed by atoms with van der Waals surface area (Å²) >= 11 is 0. The highest BCUT2D eigenvalue weighted by molar-refractivity contribution is 6.35. The Bertz CT molecular complexity index is 887. The maximum absolute atomic E-state index is 13.3. The number of hydrogen-bond acceptors (Lipinski definition) is 2. The second kappa shape index (κ2) is 5.34. The van der Waals surface area contributed by atoms with Gasteiger partial charge in [-0.15, -0.1) is 0 Å². The van der Waals surface area contributed by atoms with Crippen LogP contribution in [0.3, 0.4) is 0 Å². The molecule has 0 fully saturated rings. The summed E-state index contributed by atoms with van der Waals surface area (Å²) in [6, 6.07) is 18.4. The van der Waals surface area contributed by atoms with Crippen LogP contribution >= 0.6 is 0 Å². The fraction of sp³-hybridized carbons (Fsp3) is 0.136. The molecule has 0 radical (unpaired) electrons. The van der Waals surface area contributed by atoms with Crippen LogP contribution in [0.1, 0.15) is 23.6 Å². The first-order valence-electron chi connectivity index (χ1n) is 8.18. The van der Waals surface area contributed by atoms with Crippen LogP contribution in [0.15, 0.2) is 79.0 Å². The van der Waals surface area contributed by atoms with E-state index in [4.69, 9.17) is 0 Å². The zero-order valence-corrected chi connectivity index (χ0v) is 13.9. The Morgan fingerprint density at radius 1 is 0.875 bits per heavy atom. The topological polar surface area (TPSA) is 20.3 Å². The largest absolute Gasteiger partial charge is 0.330 e. The monoisotopic (exact) mass is 313 g/mol. The smallest absolute Gasteiger partial charge is 0.195 e. The van der Waals surface area contributed by atoms with E-state index in [9.17, 15) is 4.79 Å². The van der Waals surface area contributed by atoms with Crippen molar-refractivity contribution in [1.29, 1.82) is 0 Å². The van der Waals surface area contributed by atoms with E-state index in [1.807, 2.05) is 61.7 Å². The predicted molar refractivity (Wildman–Crippen MR) is 98.0 cm³/mol. The van der Waals surface area contributed by atoms with Crippen LogP contribution in [0.5, 0.6) is 0 Å². The van der Waals surface area contributed by atoms with E-state index in [1.165, 1.54) is 5.56 Å². The average molecular weight is 313 g/mol. The molecule has 2 aromatic carbocycles. The predicted octanol–water partition coefficient (Wildman–Crippen LogP) is 4.59. The average Bonchev–Trinajstić information content (AvgIpc) is 2.85.